The number of nitrogens with zero attached hydrogens (tertiary/aromatic N) is 2. The van der Waals surface area contributed by atoms with Gasteiger partial charge in [0.15, 0.2) is 29.6 Å². The molecule has 0 radical (unpaired) electrons. The van der Waals surface area contributed by atoms with Gasteiger partial charge in [-0.1, -0.05) is 25.5 Å². The molecule has 36 heavy (non-hydrogen) atoms. The number of methoxy groups -OCH3 is 3. The summed E-state index contributed by atoms with van der Waals surface area (Å²) in [5.74, 6) is 1.23. The maximum Gasteiger partial charge on any atom is 0.341 e. The Bertz CT molecular complexity index is 1020. The molecule has 0 spiro atoms. The van der Waals surface area contributed by atoms with Gasteiger partial charge in [0.1, 0.15) is 0 Å². The molecule has 196 valence electrons. The van der Waals surface area contributed by atoms with Crippen molar-refractivity contribution in [2.24, 2.45) is 5.92 Å². The Morgan fingerprint density at radius 1 is 0.972 bits per heavy atom. The molecule has 0 aliphatic carbocycles. The minimum Gasteiger partial charge on any atom is -0.493 e. The largest absolute Gasteiger partial charge is 0.493 e. The zero-order valence-electron chi connectivity index (χ0n) is 22.0. The number of aliphatic carboxylic acids is 1. The molecule has 0 aliphatic rings. The third-order valence-electron chi connectivity index (χ3n) is 6.27. The molecule has 8 nitrogen and oxygen atoms in total. The van der Waals surface area contributed by atoms with E-state index in [-0.39, 0.29) is 12.0 Å². The van der Waals surface area contributed by atoms with Crippen molar-refractivity contribution >= 4 is 5.97 Å². The molecule has 2 aromatic carbocycles. The third kappa shape index (κ3) is 8.35. The maximum absolute atomic E-state index is 10.9. The molecule has 2 unspecified atom stereocenters. The van der Waals surface area contributed by atoms with Gasteiger partial charge >= 0.3 is 5.97 Å². The number of carboxylic acid groups (broad SMARTS) is 1. The summed E-state index contributed by atoms with van der Waals surface area (Å²) in [6, 6.07) is 14.0. The zero-order chi connectivity index (χ0) is 26.5. The fourth-order valence-electron chi connectivity index (χ4n) is 4.27. The lowest BCUT2D eigenvalue weighted by Gasteiger charge is -2.30. The minimum absolute atomic E-state index is 0.0109. The number of likely N-dealkylation sites (N-methyl/N-ethyl adjacent to an activating group) is 1. The summed E-state index contributed by atoms with van der Waals surface area (Å²) in [6.45, 7) is 2.44. The van der Waals surface area contributed by atoms with Crippen LogP contribution in [-0.2, 0) is 11.2 Å². The fraction of sp³-hybridized carbons (Fsp3) is 0.500. The molecule has 0 bridgehead atoms. The lowest BCUT2D eigenvalue weighted by molar-refractivity contribution is -0.139. The molecule has 0 saturated carbocycles. The number of hydrogen-bond acceptors (Lipinski definition) is 7. The van der Waals surface area contributed by atoms with E-state index < -0.39 is 12.6 Å². The lowest BCUT2D eigenvalue weighted by Crippen LogP contribution is -2.27. The van der Waals surface area contributed by atoms with E-state index in [0.29, 0.717) is 23.0 Å². The van der Waals surface area contributed by atoms with Gasteiger partial charge in [-0.2, -0.15) is 5.26 Å². The molecule has 2 atom stereocenters. The van der Waals surface area contributed by atoms with Crippen LogP contribution in [0, 0.1) is 17.2 Å². The summed E-state index contributed by atoms with van der Waals surface area (Å²) in [6.07, 6.45) is 4.25. The number of ether oxygens (including phenoxy) is 4. The Hall–Kier alpha value is -3.44. The van der Waals surface area contributed by atoms with E-state index in [1.165, 1.54) is 7.11 Å². The van der Waals surface area contributed by atoms with Crippen LogP contribution in [0.15, 0.2) is 36.4 Å². The normalized spacial score (nSPS) is 12.5. The first-order valence-corrected chi connectivity index (χ1v) is 12.2. The number of nitriles is 1. The van der Waals surface area contributed by atoms with Gasteiger partial charge in [0.2, 0.25) is 0 Å². The number of carboxylic acids is 1. The molecule has 1 N–H and O–H groups in total. The Kier molecular flexibility index (Phi) is 11.9. The van der Waals surface area contributed by atoms with E-state index in [1.807, 2.05) is 30.3 Å². The molecule has 0 fully saturated rings. The van der Waals surface area contributed by atoms with Crippen molar-refractivity contribution in [1.82, 2.24) is 4.90 Å². The van der Waals surface area contributed by atoms with Crippen LogP contribution >= 0.6 is 0 Å². The Morgan fingerprint density at radius 2 is 1.64 bits per heavy atom. The minimum atomic E-state index is -1.05. The zero-order valence-corrected chi connectivity index (χ0v) is 22.0. The van der Waals surface area contributed by atoms with Crippen LogP contribution in [0.4, 0.5) is 0 Å². The van der Waals surface area contributed by atoms with E-state index in [0.717, 1.165) is 49.8 Å². The van der Waals surface area contributed by atoms with Gasteiger partial charge < -0.3 is 24.1 Å². The molecule has 2 aromatic rings. The van der Waals surface area contributed by atoms with Gasteiger partial charge in [-0.05, 0) is 68.1 Å². The standard InChI is InChI=1S/C28H38N2O6/c1-6-7-21(18-29)8-11-23(22-10-13-25(27(17-22)35-5)36-19-28(31)32)30(2)15-14-20-9-12-24(33-3)26(16-20)34-4/h9-10,12-13,16-17,21,23H,6-8,11,14-15,19H2,1-5H3,(H,31,32). The predicted octanol–water partition coefficient (Wildman–Crippen LogP) is 5.11. The first-order chi connectivity index (χ1) is 17.4. The highest BCUT2D eigenvalue weighted by Gasteiger charge is 2.21. The topological polar surface area (TPSA) is 101 Å². The summed E-state index contributed by atoms with van der Waals surface area (Å²) in [4.78, 5) is 13.2. The summed E-state index contributed by atoms with van der Waals surface area (Å²) >= 11 is 0. The highest BCUT2D eigenvalue weighted by atomic mass is 16.5. The smallest absolute Gasteiger partial charge is 0.341 e. The molecule has 0 aromatic heterocycles. The van der Waals surface area contributed by atoms with Crippen LogP contribution in [0.3, 0.4) is 0 Å². The Balaban J connectivity index is 2.25. The number of carbonyl (C=O) groups is 1. The van der Waals surface area contributed by atoms with Crippen molar-refractivity contribution in [3.05, 3.63) is 47.5 Å². The molecular formula is C28H38N2O6. The average Bonchev–Trinajstić information content (AvgIpc) is 2.89. The number of benzene rings is 2. The van der Waals surface area contributed by atoms with E-state index >= 15 is 0 Å². The van der Waals surface area contributed by atoms with Gasteiger partial charge in [-0.25, -0.2) is 4.79 Å². The van der Waals surface area contributed by atoms with Crippen molar-refractivity contribution in [1.29, 1.82) is 5.26 Å². The van der Waals surface area contributed by atoms with Gasteiger partial charge in [-0.15, -0.1) is 0 Å². The van der Waals surface area contributed by atoms with Crippen LogP contribution in [0.2, 0.25) is 0 Å². The van der Waals surface area contributed by atoms with Crippen molar-refractivity contribution in [2.75, 3.05) is 41.5 Å². The van der Waals surface area contributed by atoms with Crippen molar-refractivity contribution < 1.29 is 28.8 Å². The van der Waals surface area contributed by atoms with E-state index in [2.05, 4.69) is 24.9 Å². The van der Waals surface area contributed by atoms with Crippen LogP contribution < -0.4 is 18.9 Å². The number of hydrogen-bond donors (Lipinski definition) is 1. The number of rotatable bonds is 16. The second kappa shape index (κ2) is 14.8. The van der Waals surface area contributed by atoms with Crippen molar-refractivity contribution in [3.63, 3.8) is 0 Å². The fourth-order valence-corrected chi connectivity index (χ4v) is 4.27. The van der Waals surface area contributed by atoms with Gasteiger partial charge in [0.05, 0.1) is 27.4 Å². The molecule has 0 saturated heterocycles. The van der Waals surface area contributed by atoms with E-state index in [1.54, 1.807) is 20.3 Å². The van der Waals surface area contributed by atoms with Crippen molar-refractivity contribution in [2.45, 2.75) is 45.1 Å². The van der Waals surface area contributed by atoms with Crippen LogP contribution in [-0.4, -0.2) is 57.5 Å². The first-order valence-electron chi connectivity index (χ1n) is 12.2. The summed E-state index contributed by atoms with van der Waals surface area (Å²) in [5, 5.41) is 18.5. The van der Waals surface area contributed by atoms with E-state index in [9.17, 15) is 10.1 Å². The third-order valence-corrected chi connectivity index (χ3v) is 6.27. The Morgan fingerprint density at radius 3 is 2.25 bits per heavy atom. The van der Waals surface area contributed by atoms with Crippen LogP contribution in [0.5, 0.6) is 23.0 Å². The molecule has 0 amide bonds. The molecule has 2 rings (SSSR count). The second-order valence-electron chi connectivity index (χ2n) is 8.72. The van der Waals surface area contributed by atoms with Crippen molar-refractivity contribution in [3.8, 4) is 29.1 Å². The molecular weight excluding hydrogens is 460 g/mol. The first kappa shape index (κ1) is 28.8. The summed E-state index contributed by atoms with van der Waals surface area (Å²) in [5.41, 5.74) is 2.16. The highest BCUT2D eigenvalue weighted by molar-refractivity contribution is 5.68. The van der Waals surface area contributed by atoms with E-state index in [4.69, 9.17) is 24.1 Å². The predicted molar refractivity (Wildman–Crippen MR) is 138 cm³/mol. The maximum atomic E-state index is 10.9. The van der Waals surface area contributed by atoms with Gasteiger partial charge in [0.25, 0.3) is 0 Å². The monoisotopic (exact) mass is 498 g/mol. The average molecular weight is 499 g/mol. The SMILES string of the molecule is CCCC(C#N)CCC(c1ccc(OCC(=O)O)c(OC)c1)N(C)CCc1ccc(OC)c(OC)c1. The molecule has 0 aliphatic heterocycles. The van der Waals surface area contributed by atoms with Gasteiger partial charge in [0, 0.05) is 18.5 Å². The van der Waals surface area contributed by atoms with Gasteiger partial charge in [-0.3, -0.25) is 4.90 Å². The lowest BCUT2D eigenvalue weighted by atomic mass is 9.92. The van der Waals surface area contributed by atoms with Crippen LogP contribution in [0.25, 0.3) is 0 Å². The summed E-state index contributed by atoms with van der Waals surface area (Å²) < 4.78 is 21.7. The second-order valence-corrected chi connectivity index (χ2v) is 8.72. The quantitative estimate of drug-likeness (QED) is 0.341. The molecule has 8 heteroatoms. The Labute approximate surface area is 214 Å². The highest BCUT2D eigenvalue weighted by Crippen LogP contribution is 2.35. The van der Waals surface area contributed by atoms with Crippen LogP contribution in [0.1, 0.15) is 49.8 Å². The molecule has 0 heterocycles. The summed E-state index contributed by atoms with van der Waals surface area (Å²) in [7, 11) is 6.86.